The van der Waals surface area contributed by atoms with Crippen LogP contribution in [0.1, 0.15) is 22.8 Å². The highest BCUT2D eigenvalue weighted by molar-refractivity contribution is 6.28. The summed E-state index contributed by atoms with van der Waals surface area (Å²) in [6.07, 6.45) is 1.56. The third-order valence-electron chi connectivity index (χ3n) is 3.75. The number of benzene rings is 1. The number of hydrogen-bond donors (Lipinski definition) is 3. The first-order valence-corrected chi connectivity index (χ1v) is 7.99. The van der Waals surface area contributed by atoms with Crippen LogP contribution in [0.2, 0.25) is 5.28 Å². The minimum Gasteiger partial charge on any atom is -0.480 e. The van der Waals surface area contributed by atoms with Gasteiger partial charge in [-0.2, -0.15) is 9.97 Å². The molecule has 2 heterocycles. The highest BCUT2D eigenvalue weighted by Gasteiger charge is 2.17. The number of carboxylic acids is 1. The minimum atomic E-state index is -1.03. The van der Waals surface area contributed by atoms with E-state index in [-0.39, 0.29) is 11.1 Å². The number of imidazole rings is 1. The average molecular weight is 375 g/mol. The number of nitrogens with one attached hydrogen (secondary N) is 1. The van der Waals surface area contributed by atoms with Crippen molar-refractivity contribution in [2.75, 3.05) is 5.32 Å². The molecule has 1 amide bonds. The molecule has 0 saturated carbocycles. The van der Waals surface area contributed by atoms with Crippen molar-refractivity contribution in [2.24, 2.45) is 5.73 Å². The van der Waals surface area contributed by atoms with Gasteiger partial charge in [0.1, 0.15) is 6.04 Å². The van der Waals surface area contributed by atoms with Crippen LogP contribution < -0.4 is 11.1 Å². The molecule has 4 N–H and O–H groups in total. The monoisotopic (exact) mass is 374 g/mol. The molecule has 10 heteroatoms. The lowest BCUT2D eigenvalue weighted by molar-refractivity contribution is -0.137. The van der Waals surface area contributed by atoms with E-state index in [0.717, 1.165) is 5.56 Å². The van der Waals surface area contributed by atoms with Gasteiger partial charge in [0.05, 0.1) is 12.9 Å². The van der Waals surface area contributed by atoms with Crippen molar-refractivity contribution < 1.29 is 14.7 Å². The van der Waals surface area contributed by atoms with Gasteiger partial charge >= 0.3 is 5.97 Å². The molecular weight excluding hydrogens is 360 g/mol. The Bertz CT molecular complexity index is 986. The zero-order valence-electron chi connectivity index (χ0n) is 13.7. The smallest absolute Gasteiger partial charge is 0.325 e. The summed E-state index contributed by atoms with van der Waals surface area (Å²) in [6, 6.07) is 5.97. The van der Waals surface area contributed by atoms with Crippen LogP contribution >= 0.6 is 11.6 Å². The van der Waals surface area contributed by atoms with Crippen LogP contribution in [0.15, 0.2) is 30.6 Å². The van der Waals surface area contributed by atoms with Crippen LogP contribution in [-0.2, 0) is 11.3 Å². The van der Waals surface area contributed by atoms with E-state index >= 15 is 0 Å². The zero-order chi connectivity index (χ0) is 18.8. The van der Waals surface area contributed by atoms with Gasteiger partial charge in [0, 0.05) is 5.56 Å². The molecule has 3 aromatic rings. The quantitative estimate of drug-likeness (QED) is 0.556. The summed E-state index contributed by atoms with van der Waals surface area (Å²) in [5, 5.41) is 11.8. The lowest BCUT2D eigenvalue weighted by Crippen LogP contribution is -2.26. The van der Waals surface area contributed by atoms with Gasteiger partial charge < -0.3 is 20.7 Å². The summed E-state index contributed by atoms with van der Waals surface area (Å²) >= 11 is 5.97. The highest BCUT2D eigenvalue weighted by atomic mass is 35.5. The van der Waals surface area contributed by atoms with E-state index in [0.29, 0.717) is 23.3 Å². The van der Waals surface area contributed by atoms with Crippen LogP contribution in [0, 0.1) is 0 Å². The summed E-state index contributed by atoms with van der Waals surface area (Å²) in [5.41, 5.74) is 7.43. The van der Waals surface area contributed by atoms with E-state index in [9.17, 15) is 9.59 Å². The summed E-state index contributed by atoms with van der Waals surface area (Å²) in [5.74, 6) is -1.27. The third kappa shape index (κ3) is 3.57. The molecule has 0 radical (unpaired) electrons. The molecule has 0 aliphatic rings. The van der Waals surface area contributed by atoms with Gasteiger partial charge in [-0.3, -0.25) is 9.59 Å². The molecule has 26 heavy (non-hydrogen) atoms. The van der Waals surface area contributed by atoms with Crippen molar-refractivity contribution in [1.29, 1.82) is 0 Å². The number of nitrogens with zero attached hydrogens (tertiary/aromatic N) is 4. The largest absolute Gasteiger partial charge is 0.480 e. The number of aliphatic carboxylic acids is 1. The Morgan fingerprint density at radius 1 is 1.31 bits per heavy atom. The van der Waals surface area contributed by atoms with E-state index in [4.69, 9.17) is 22.4 Å². The summed E-state index contributed by atoms with van der Waals surface area (Å²) < 4.78 is 1.75. The number of rotatable bonds is 6. The van der Waals surface area contributed by atoms with E-state index in [1.54, 1.807) is 35.2 Å². The number of hydrogen-bond acceptors (Lipinski definition) is 6. The Morgan fingerprint density at radius 2 is 2.00 bits per heavy atom. The minimum absolute atomic E-state index is 0.0246. The van der Waals surface area contributed by atoms with Crippen molar-refractivity contribution in [3.63, 3.8) is 0 Å². The average Bonchev–Trinajstić information content (AvgIpc) is 2.98. The molecular formula is C16H15ClN6O3. The Kier molecular flexibility index (Phi) is 4.72. The number of halogens is 1. The zero-order valence-corrected chi connectivity index (χ0v) is 14.4. The first-order valence-electron chi connectivity index (χ1n) is 7.61. The lowest BCUT2D eigenvalue weighted by Gasteiger charge is -2.11. The predicted octanol–water partition coefficient (Wildman–Crippen LogP) is 1.51. The number of carboxylic acid groups (broad SMARTS) is 1. The Labute approximate surface area is 152 Å². The number of anilines is 1. The lowest BCUT2D eigenvalue weighted by atomic mass is 10.1. The van der Waals surface area contributed by atoms with Gasteiger partial charge in [-0.1, -0.05) is 12.1 Å². The van der Waals surface area contributed by atoms with E-state index in [1.807, 2.05) is 0 Å². The second-order valence-electron chi connectivity index (χ2n) is 5.65. The van der Waals surface area contributed by atoms with Gasteiger partial charge in [-0.15, -0.1) is 0 Å². The number of carbonyl (C=O) groups is 2. The van der Waals surface area contributed by atoms with Crippen molar-refractivity contribution in [1.82, 2.24) is 19.5 Å². The van der Waals surface area contributed by atoms with Gasteiger partial charge in [0.2, 0.25) is 11.2 Å². The number of nitrogens with two attached hydrogens (primary N) is 1. The normalized spacial score (nSPS) is 12.1. The molecule has 3 rings (SSSR count). The molecule has 0 aliphatic heterocycles. The van der Waals surface area contributed by atoms with E-state index in [2.05, 4.69) is 20.3 Å². The van der Waals surface area contributed by atoms with Crippen LogP contribution in [0.5, 0.6) is 0 Å². The maximum Gasteiger partial charge on any atom is 0.325 e. The second-order valence-corrected chi connectivity index (χ2v) is 5.99. The molecule has 0 fully saturated rings. The van der Waals surface area contributed by atoms with Crippen LogP contribution in [-0.4, -0.2) is 42.5 Å². The third-order valence-corrected chi connectivity index (χ3v) is 3.92. The van der Waals surface area contributed by atoms with E-state index in [1.165, 1.54) is 6.92 Å². The Balaban J connectivity index is 1.94. The highest BCUT2D eigenvalue weighted by Crippen LogP contribution is 2.22. The second kappa shape index (κ2) is 6.96. The van der Waals surface area contributed by atoms with E-state index < -0.39 is 17.9 Å². The van der Waals surface area contributed by atoms with Crippen molar-refractivity contribution in [3.05, 3.63) is 47.0 Å². The number of aromatic nitrogens is 4. The first kappa shape index (κ1) is 17.6. The van der Waals surface area contributed by atoms with Gasteiger partial charge in [-0.05, 0) is 36.2 Å². The SMILES string of the molecule is C[C@H](Nc1nc(Cl)nc2c1ncn2Cc1ccc(C(N)=O)cc1)C(=O)O. The molecule has 2 aromatic heterocycles. The summed E-state index contributed by atoms with van der Waals surface area (Å²) in [4.78, 5) is 34.7. The molecule has 1 atom stereocenters. The number of primary amides is 1. The summed E-state index contributed by atoms with van der Waals surface area (Å²) in [6.45, 7) is 1.91. The van der Waals surface area contributed by atoms with Crippen LogP contribution in [0.4, 0.5) is 5.82 Å². The van der Waals surface area contributed by atoms with Crippen LogP contribution in [0.3, 0.4) is 0 Å². The van der Waals surface area contributed by atoms with Crippen LogP contribution in [0.25, 0.3) is 11.2 Å². The molecule has 134 valence electrons. The fourth-order valence-electron chi connectivity index (χ4n) is 2.37. The van der Waals surface area contributed by atoms with Gasteiger partial charge in [0.25, 0.3) is 0 Å². The maximum absolute atomic E-state index is 11.1. The molecule has 9 nitrogen and oxygen atoms in total. The molecule has 0 bridgehead atoms. The van der Waals surface area contributed by atoms with Gasteiger partial charge in [-0.25, -0.2) is 4.98 Å². The van der Waals surface area contributed by atoms with Gasteiger partial charge in [0.15, 0.2) is 17.0 Å². The molecule has 0 unspecified atom stereocenters. The van der Waals surface area contributed by atoms with Crippen molar-refractivity contribution >= 4 is 40.5 Å². The summed E-state index contributed by atoms with van der Waals surface area (Å²) in [7, 11) is 0. The fraction of sp³-hybridized carbons (Fsp3) is 0.188. The molecule has 0 aliphatic carbocycles. The first-order chi connectivity index (χ1) is 12.3. The molecule has 0 saturated heterocycles. The fourth-order valence-corrected chi connectivity index (χ4v) is 2.54. The van der Waals surface area contributed by atoms with Crippen molar-refractivity contribution in [2.45, 2.75) is 19.5 Å². The number of fused-ring (bicyclic) bond motifs is 1. The Hall–Kier alpha value is -3.20. The predicted molar refractivity (Wildman–Crippen MR) is 95.1 cm³/mol. The topological polar surface area (TPSA) is 136 Å². The standard InChI is InChI=1S/C16H15ClN6O3/c1-8(15(25)26)20-13-11-14(22-16(17)21-13)23(7-19-11)6-9-2-4-10(5-3-9)12(18)24/h2-5,7-8H,6H2,1H3,(H2,18,24)(H,25,26)(H,20,21,22)/t8-/m0/s1. The van der Waals surface area contributed by atoms with Crippen molar-refractivity contribution in [3.8, 4) is 0 Å². The Morgan fingerprint density at radius 3 is 2.62 bits per heavy atom. The maximum atomic E-state index is 11.1. The molecule has 1 aromatic carbocycles. The molecule has 0 spiro atoms. The number of amides is 1. The number of carbonyl (C=O) groups excluding carboxylic acids is 1.